The largest absolute Gasteiger partial charge is 0.490 e. The second kappa shape index (κ2) is 12.2. The number of rotatable bonds is 8. The summed E-state index contributed by atoms with van der Waals surface area (Å²) in [6.45, 7) is 6.95. The van der Waals surface area contributed by atoms with Crippen LogP contribution in [0, 0.1) is 0 Å². The van der Waals surface area contributed by atoms with Gasteiger partial charge in [0.2, 0.25) is 0 Å². The molecule has 2 N–H and O–H groups in total. The zero-order valence-electron chi connectivity index (χ0n) is 17.2. The Labute approximate surface area is 195 Å². The third kappa shape index (κ3) is 7.49. The third-order valence-corrected chi connectivity index (χ3v) is 4.74. The van der Waals surface area contributed by atoms with E-state index in [0.29, 0.717) is 35.7 Å². The van der Waals surface area contributed by atoms with Gasteiger partial charge < -0.3 is 20.1 Å². The summed E-state index contributed by atoms with van der Waals surface area (Å²) in [4.78, 5) is 7.73. The molecule has 0 saturated heterocycles. The van der Waals surface area contributed by atoms with Crippen molar-refractivity contribution in [3.8, 4) is 11.5 Å². The van der Waals surface area contributed by atoms with Crippen LogP contribution in [0.4, 0.5) is 13.2 Å². The van der Waals surface area contributed by atoms with E-state index in [1.807, 2.05) is 39.0 Å². The summed E-state index contributed by atoms with van der Waals surface area (Å²) < 4.78 is 49.2. The summed E-state index contributed by atoms with van der Waals surface area (Å²) in [6, 6.07) is 5.55. The van der Waals surface area contributed by atoms with Crippen molar-refractivity contribution in [2.24, 2.45) is 4.99 Å². The number of aromatic nitrogens is 1. The maximum absolute atomic E-state index is 12.7. The fourth-order valence-electron chi connectivity index (χ4n) is 2.50. The summed E-state index contributed by atoms with van der Waals surface area (Å²) in [5.41, 5.74) is 0.0712. The second-order valence-electron chi connectivity index (χ2n) is 5.99. The van der Waals surface area contributed by atoms with E-state index >= 15 is 0 Å². The molecule has 0 aliphatic heterocycles. The predicted molar refractivity (Wildman–Crippen MR) is 123 cm³/mol. The Hall–Kier alpha value is -1.76. The Morgan fingerprint density at radius 3 is 2.43 bits per heavy atom. The maximum Gasteiger partial charge on any atom is 0.434 e. The van der Waals surface area contributed by atoms with E-state index in [-0.39, 0.29) is 36.6 Å². The Bertz CT molecular complexity index is 830. The van der Waals surface area contributed by atoms with Crippen molar-refractivity contribution >= 4 is 41.3 Å². The van der Waals surface area contributed by atoms with E-state index in [9.17, 15) is 13.2 Å². The first-order valence-electron chi connectivity index (χ1n) is 9.16. The number of hydrogen-bond acceptors (Lipinski definition) is 5. The van der Waals surface area contributed by atoms with Crippen LogP contribution < -0.4 is 20.1 Å². The van der Waals surface area contributed by atoms with Crippen LogP contribution in [0.2, 0.25) is 0 Å². The van der Waals surface area contributed by atoms with Crippen molar-refractivity contribution in [1.82, 2.24) is 15.6 Å². The van der Waals surface area contributed by atoms with E-state index < -0.39 is 11.9 Å². The average molecular weight is 558 g/mol. The zero-order chi connectivity index (χ0) is 21.4. The van der Waals surface area contributed by atoms with Crippen LogP contribution in [0.15, 0.2) is 28.6 Å². The number of ether oxygens (including phenoxy) is 2. The predicted octanol–water partition coefficient (Wildman–Crippen LogP) is 5.00. The van der Waals surface area contributed by atoms with Gasteiger partial charge in [-0.1, -0.05) is 6.07 Å². The van der Waals surface area contributed by atoms with Gasteiger partial charge in [0, 0.05) is 12.4 Å². The molecule has 11 heteroatoms. The minimum absolute atomic E-state index is 0. The first kappa shape index (κ1) is 26.3. The first-order chi connectivity index (χ1) is 13.8. The van der Waals surface area contributed by atoms with E-state index in [0.717, 1.165) is 22.3 Å². The van der Waals surface area contributed by atoms with Crippen LogP contribution >= 0.6 is 35.3 Å². The van der Waals surface area contributed by atoms with Crippen molar-refractivity contribution in [2.45, 2.75) is 39.5 Å². The molecule has 1 unspecified atom stereocenters. The SMILES string of the molecule is CCOc1ccc(C(C)NC(=NC)NCc2nc(C(F)(F)F)cs2)cc1OCC.I. The monoisotopic (exact) mass is 558 g/mol. The highest BCUT2D eigenvalue weighted by atomic mass is 127. The van der Waals surface area contributed by atoms with Gasteiger partial charge in [-0.2, -0.15) is 13.2 Å². The molecule has 1 aromatic carbocycles. The molecule has 0 spiro atoms. The Kier molecular flexibility index (Phi) is 10.7. The normalized spacial score (nSPS) is 12.7. The van der Waals surface area contributed by atoms with E-state index in [4.69, 9.17) is 9.47 Å². The van der Waals surface area contributed by atoms with Crippen LogP contribution in [0.25, 0.3) is 0 Å². The molecular weight excluding hydrogens is 532 g/mol. The molecule has 168 valence electrons. The van der Waals surface area contributed by atoms with Gasteiger partial charge in [0.25, 0.3) is 0 Å². The molecule has 1 heterocycles. The minimum atomic E-state index is -4.44. The number of nitrogens with zero attached hydrogens (tertiary/aromatic N) is 2. The highest BCUT2D eigenvalue weighted by molar-refractivity contribution is 14.0. The number of alkyl halides is 3. The number of guanidine groups is 1. The van der Waals surface area contributed by atoms with Gasteiger partial charge in [0.1, 0.15) is 5.01 Å². The number of halogens is 4. The number of thiazole rings is 1. The van der Waals surface area contributed by atoms with Gasteiger partial charge in [-0.05, 0) is 38.5 Å². The fourth-order valence-corrected chi connectivity index (χ4v) is 3.24. The zero-order valence-corrected chi connectivity index (χ0v) is 20.3. The summed E-state index contributed by atoms with van der Waals surface area (Å²) in [5.74, 6) is 1.79. The average Bonchev–Trinajstić information content (AvgIpc) is 3.16. The van der Waals surface area contributed by atoms with Gasteiger partial charge in [-0.3, -0.25) is 4.99 Å². The highest BCUT2D eigenvalue weighted by Gasteiger charge is 2.33. The van der Waals surface area contributed by atoms with Gasteiger partial charge in [0.05, 0.1) is 25.8 Å². The minimum Gasteiger partial charge on any atom is -0.490 e. The van der Waals surface area contributed by atoms with Gasteiger partial charge in [0.15, 0.2) is 23.2 Å². The lowest BCUT2D eigenvalue weighted by Crippen LogP contribution is -2.38. The lowest BCUT2D eigenvalue weighted by Gasteiger charge is -2.19. The van der Waals surface area contributed by atoms with E-state index in [1.165, 1.54) is 0 Å². The Morgan fingerprint density at radius 2 is 1.87 bits per heavy atom. The van der Waals surface area contributed by atoms with Gasteiger partial charge >= 0.3 is 6.18 Å². The molecule has 0 fully saturated rings. The second-order valence-corrected chi connectivity index (χ2v) is 6.93. The molecule has 6 nitrogen and oxygen atoms in total. The smallest absolute Gasteiger partial charge is 0.434 e. The molecule has 30 heavy (non-hydrogen) atoms. The quantitative estimate of drug-likeness (QED) is 0.271. The number of benzene rings is 1. The first-order valence-corrected chi connectivity index (χ1v) is 10.0. The molecule has 0 saturated carbocycles. The molecule has 1 aromatic heterocycles. The summed E-state index contributed by atoms with van der Waals surface area (Å²) in [5, 5.41) is 7.53. The van der Waals surface area contributed by atoms with Crippen molar-refractivity contribution in [2.75, 3.05) is 20.3 Å². The molecule has 0 aliphatic rings. The third-order valence-electron chi connectivity index (χ3n) is 3.89. The van der Waals surface area contributed by atoms with Crippen LogP contribution in [-0.2, 0) is 12.7 Å². The fraction of sp³-hybridized carbons (Fsp3) is 0.474. The lowest BCUT2D eigenvalue weighted by atomic mass is 10.1. The van der Waals surface area contributed by atoms with Crippen molar-refractivity contribution in [3.63, 3.8) is 0 Å². The lowest BCUT2D eigenvalue weighted by molar-refractivity contribution is -0.140. The van der Waals surface area contributed by atoms with Gasteiger partial charge in [-0.15, -0.1) is 35.3 Å². The molecule has 0 aliphatic carbocycles. The van der Waals surface area contributed by atoms with Gasteiger partial charge in [-0.25, -0.2) is 4.98 Å². The van der Waals surface area contributed by atoms with Crippen molar-refractivity contribution in [1.29, 1.82) is 0 Å². The highest BCUT2D eigenvalue weighted by Crippen LogP contribution is 2.31. The van der Waals surface area contributed by atoms with Crippen molar-refractivity contribution < 1.29 is 22.6 Å². The van der Waals surface area contributed by atoms with Crippen LogP contribution in [0.1, 0.15) is 43.1 Å². The summed E-state index contributed by atoms with van der Waals surface area (Å²) in [7, 11) is 1.59. The Balaban J connectivity index is 0.00000450. The molecule has 0 radical (unpaired) electrons. The van der Waals surface area contributed by atoms with Crippen LogP contribution in [0.5, 0.6) is 11.5 Å². The molecule has 0 bridgehead atoms. The number of hydrogen-bond donors (Lipinski definition) is 2. The van der Waals surface area contributed by atoms with Crippen molar-refractivity contribution in [3.05, 3.63) is 39.8 Å². The topological polar surface area (TPSA) is 67.8 Å². The molecule has 1 atom stereocenters. The molecule has 0 amide bonds. The number of nitrogens with one attached hydrogen (secondary N) is 2. The summed E-state index contributed by atoms with van der Waals surface area (Å²) in [6.07, 6.45) is -4.44. The maximum atomic E-state index is 12.7. The number of aliphatic imine (C=N–C) groups is 1. The standard InChI is InChI=1S/C19H25F3N4O2S.HI/c1-5-27-14-8-7-13(9-15(14)28-6-2)12(3)25-18(23-4)24-10-17-26-16(11-29-17)19(20,21)22;/h7-9,11-12H,5-6,10H2,1-4H3,(H2,23,24,25);1H. The molecular formula is C19H26F3IN4O2S. The Morgan fingerprint density at radius 1 is 1.20 bits per heavy atom. The van der Waals surface area contributed by atoms with Crippen LogP contribution in [-0.4, -0.2) is 31.2 Å². The van der Waals surface area contributed by atoms with E-state index in [1.54, 1.807) is 7.05 Å². The molecule has 2 aromatic rings. The summed E-state index contributed by atoms with van der Waals surface area (Å²) >= 11 is 0.951. The molecule has 2 rings (SSSR count). The van der Waals surface area contributed by atoms with E-state index in [2.05, 4.69) is 20.6 Å². The van der Waals surface area contributed by atoms with Crippen LogP contribution in [0.3, 0.4) is 0 Å².